The van der Waals surface area contributed by atoms with Gasteiger partial charge in [0.25, 0.3) is 0 Å². The van der Waals surface area contributed by atoms with E-state index in [0.29, 0.717) is 6.07 Å². The van der Waals surface area contributed by atoms with E-state index in [0.717, 1.165) is 24.4 Å². The Kier molecular flexibility index (Phi) is 5.44. The first kappa shape index (κ1) is 20.7. The lowest BCUT2D eigenvalue weighted by Crippen LogP contribution is -2.39. The van der Waals surface area contributed by atoms with Crippen molar-refractivity contribution in [3.8, 4) is 5.75 Å². The fraction of sp³-hybridized carbons (Fsp3) is 0.600. The van der Waals surface area contributed by atoms with Crippen molar-refractivity contribution in [2.75, 3.05) is 26.0 Å². The number of sulfonamides is 1. The predicted molar refractivity (Wildman–Crippen MR) is 85.1 cm³/mol. The van der Waals surface area contributed by atoms with Crippen LogP contribution in [0.1, 0.15) is 25.3 Å². The number of likely N-dealkylation sites (N-methyl/N-ethyl adjacent to an activating group) is 1. The largest absolute Gasteiger partial charge is 0.496 e. The van der Waals surface area contributed by atoms with Crippen molar-refractivity contribution in [2.45, 2.75) is 42.8 Å². The number of nitrogens with one attached hydrogen (secondary N) is 1. The van der Waals surface area contributed by atoms with Gasteiger partial charge < -0.3 is 10.1 Å². The van der Waals surface area contributed by atoms with Crippen LogP contribution in [0.2, 0.25) is 0 Å². The summed E-state index contributed by atoms with van der Waals surface area (Å²) in [7, 11) is -1.97. The van der Waals surface area contributed by atoms with Crippen LogP contribution >= 0.6 is 0 Å². The molecule has 1 heterocycles. The molecule has 26 heavy (non-hydrogen) atoms. The van der Waals surface area contributed by atoms with Gasteiger partial charge in [0.1, 0.15) is 10.6 Å². The van der Waals surface area contributed by atoms with Gasteiger partial charge in [-0.25, -0.2) is 17.2 Å². The highest BCUT2D eigenvalue weighted by Gasteiger charge is 2.40. The number of alkyl halides is 5. The number of halogens is 5. The predicted octanol–water partition coefficient (Wildman–Crippen LogP) is 3.56. The summed E-state index contributed by atoms with van der Waals surface area (Å²) in [5, 5.41) is 2.64. The maximum Gasteiger partial charge on any atom is 0.420 e. The minimum absolute atomic E-state index is 0.0948. The van der Waals surface area contributed by atoms with Gasteiger partial charge in [-0.1, -0.05) is 0 Å². The first-order valence-corrected chi connectivity index (χ1v) is 9.10. The summed E-state index contributed by atoms with van der Waals surface area (Å²) in [5.74, 6) is -3.61. The van der Waals surface area contributed by atoms with E-state index in [1.54, 1.807) is 0 Å². The Morgan fingerprint density at radius 2 is 1.88 bits per heavy atom. The van der Waals surface area contributed by atoms with Crippen LogP contribution in [0.4, 0.5) is 27.6 Å². The molecule has 2 rings (SSSR count). The van der Waals surface area contributed by atoms with Crippen LogP contribution in [0.3, 0.4) is 0 Å². The number of methoxy groups -OCH3 is 1. The maximum absolute atomic E-state index is 13.2. The Balaban J connectivity index is 2.48. The molecule has 0 fully saturated rings. The van der Waals surface area contributed by atoms with Crippen molar-refractivity contribution in [1.82, 2.24) is 4.31 Å². The molecule has 1 unspecified atom stereocenters. The molecule has 0 aliphatic carbocycles. The van der Waals surface area contributed by atoms with Crippen molar-refractivity contribution in [3.05, 3.63) is 17.7 Å². The minimum atomic E-state index is -4.74. The molecule has 1 aromatic rings. The van der Waals surface area contributed by atoms with Crippen LogP contribution in [-0.4, -0.2) is 45.4 Å². The number of hydrogen-bond acceptors (Lipinski definition) is 4. The fourth-order valence-electron chi connectivity index (χ4n) is 2.71. The summed E-state index contributed by atoms with van der Waals surface area (Å²) in [5.41, 5.74) is -1.36. The molecular weight excluding hydrogens is 383 g/mol. The molecule has 148 valence electrons. The van der Waals surface area contributed by atoms with E-state index in [-0.39, 0.29) is 18.7 Å². The average molecular weight is 402 g/mol. The standard InChI is InChI=1S/C15H19F5N2O3S/c1-14(16,17)5-4-9-8-21-11-6-10(15(18,19)20)12(25-3)7-13(11)26(23,24)22(9)2/h6-7,9,21H,4-5,8H2,1-3H3. The number of fused-ring (bicyclic) bond motifs is 1. The van der Waals surface area contributed by atoms with Crippen molar-refractivity contribution in [2.24, 2.45) is 0 Å². The van der Waals surface area contributed by atoms with Gasteiger partial charge in [-0.3, -0.25) is 0 Å². The third kappa shape index (κ3) is 4.20. The molecule has 0 saturated heterocycles. The van der Waals surface area contributed by atoms with Crippen LogP contribution < -0.4 is 10.1 Å². The van der Waals surface area contributed by atoms with Crippen LogP contribution in [0.15, 0.2) is 17.0 Å². The number of nitrogens with zero attached hydrogens (tertiary/aromatic N) is 1. The van der Waals surface area contributed by atoms with Gasteiger partial charge >= 0.3 is 6.18 Å². The lowest BCUT2D eigenvalue weighted by atomic mass is 10.1. The van der Waals surface area contributed by atoms with E-state index in [1.165, 1.54) is 7.05 Å². The quantitative estimate of drug-likeness (QED) is 0.783. The monoisotopic (exact) mass is 402 g/mol. The Morgan fingerprint density at radius 3 is 2.38 bits per heavy atom. The Hall–Kier alpha value is -1.62. The second-order valence-electron chi connectivity index (χ2n) is 6.21. The molecule has 1 aromatic carbocycles. The van der Waals surface area contributed by atoms with E-state index in [2.05, 4.69) is 5.32 Å². The third-order valence-electron chi connectivity index (χ3n) is 4.22. The molecule has 1 aliphatic heterocycles. The molecule has 0 amide bonds. The van der Waals surface area contributed by atoms with Gasteiger partial charge in [0.05, 0.1) is 18.4 Å². The van der Waals surface area contributed by atoms with Crippen LogP contribution in [0.5, 0.6) is 5.75 Å². The lowest BCUT2D eigenvalue weighted by Gasteiger charge is -2.25. The highest BCUT2D eigenvalue weighted by Crippen LogP contribution is 2.42. The van der Waals surface area contributed by atoms with E-state index < -0.39 is 50.8 Å². The number of ether oxygens (including phenoxy) is 1. The van der Waals surface area contributed by atoms with E-state index in [1.807, 2.05) is 0 Å². The normalized spacial score (nSPS) is 20.8. The molecule has 0 radical (unpaired) electrons. The van der Waals surface area contributed by atoms with Gasteiger partial charge in [0.15, 0.2) is 0 Å². The molecule has 0 bridgehead atoms. The zero-order valence-electron chi connectivity index (χ0n) is 14.3. The molecule has 0 spiro atoms. The second kappa shape index (κ2) is 6.84. The summed E-state index contributed by atoms with van der Waals surface area (Å²) < 4.78 is 96.8. The van der Waals surface area contributed by atoms with Crippen molar-refractivity contribution >= 4 is 15.7 Å². The van der Waals surface area contributed by atoms with Gasteiger partial charge in [0.2, 0.25) is 15.9 Å². The fourth-order valence-corrected chi connectivity index (χ4v) is 4.26. The SMILES string of the molecule is COc1cc2c(cc1C(F)(F)F)NCC(CCC(C)(F)F)N(C)S2(=O)=O. The number of rotatable bonds is 4. The molecule has 11 heteroatoms. The van der Waals surface area contributed by atoms with Gasteiger partial charge in [0, 0.05) is 32.1 Å². The Labute approximate surface area is 148 Å². The first-order valence-electron chi connectivity index (χ1n) is 7.66. The van der Waals surface area contributed by atoms with E-state index in [4.69, 9.17) is 4.74 Å². The number of hydrogen-bond donors (Lipinski definition) is 1. The molecule has 1 atom stereocenters. The van der Waals surface area contributed by atoms with Crippen molar-refractivity contribution in [3.63, 3.8) is 0 Å². The molecule has 1 N–H and O–H groups in total. The molecule has 0 aromatic heterocycles. The van der Waals surface area contributed by atoms with Crippen molar-refractivity contribution in [1.29, 1.82) is 0 Å². The zero-order valence-corrected chi connectivity index (χ0v) is 15.1. The average Bonchev–Trinajstić information content (AvgIpc) is 2.59. The van der Waals surface area contributed by atoms with E-state index >= 15 is 0 Å². The minimum Gasteiger partial charge on any atom is -0.496 e. The van der Waals surface area contributed by atoms with Gasteiger partial charge in [-0.2, -0.15) is 17.5 Å². The maximum atomic E-state index is 13.2. The molecular formula is C15H19F5N2O3S. The molecule has 0 saturated carbocycles. The highest BCUT2D eigenvalue weighted by molar-refractivity contribution is 7.89. The summed E-state index contributed by atoms with van der Waals surface area (Å²) in [6.45, 7) is 0.628. The summed E-state index contributed by atoms with van der Waals surface area (Å²) >= 11 is 0. The number of anilines is 1. The van der Waals surface area contributed by atoms with Gasteiger partial charge in [-0.15, -0.1) is 0 Å². The second-order valence-corrected chi connectivity index (χ2v) is 8.18. The van der Waals surface area contributed by atoms with Crippen LogP contribution in [-0.2, 0) is 16.2 Å². The Bertz CT molecular complexity index is 775. The van der Waals surface area contributed by atoms with Crippen LogP contribution in [0.25, 0.3) is 0 Å². The smallest absolute Gasteiger partial charge is 0.420 e. The van der Waals surface area contributed by atoms with Gasteiger partial charge in [-0.05, 0) is 19.4 Å². The van der Waals surface area contributed by atoms with Crippen molar-refractivity contribution < 1.29 is 35.1 Å². The highest BCUT2D eigenvalue weighted by atomic mass is 32.2. The number of benzene rings is 1. The van der Waals surface area contributed by atoms with E-state index in [9.17, 15) is 30.4 Å². The summed E-state index contributed by atoms with van der Waals surface area (Å²) in [4.78, 5) is -0.393. The summed E-state index contributed by atoms with van der Waals surface area (Å²) in [6, 6.07) is 0.628. The Morgan fingerprint density at radius 1 is 1.27 bits per heavy atom. The topological polar surface area (TPSA) is 58.6 Å². The third-order valence-corrected chi connectivity index (χ3v) is 6.17. The lowest BCUT2D eigenvalue weighted by molar-refractivity contribution is -0.138. The molecule has 1 aliphatic rings. The molecule has 5 nitrogen and oxygen atoms in total. The zero-order chi connectivity index (χ0) is 19.9. The van der Waals surface area contributed by atoms with Crippen LogP contribution in [0, 0.1) is 0 Å². The first-order chi connectivity index (χ1) is 11.8. The summed E-state index contributed by atoms with van der Waals surface area (Å²) in [6.07, 6.45) is -5.44.